The Morgan fingerprint density at radius 3 is 2.68 bits per heavy atom. The van der Waals surface area contributed by atoms with Crippen LogP contribution < -0.4 is 5.32 Å². The van der Waals surface area contributed by atoms with Crippen LogP contribution in [0.4, 0.5) is 0 Å². The van der Waals surface area contributed by atoms with Crippen molar-refractivity contribution in [2.75, 3.05) is 0 Å². The zero-order chi connectivity index (χ0) is 13.7. The average Bonchev–Trinajstić information content (AvgIpc) is 2.42. The van der Waals surface area contributed by atoms with Crippen molar-refractivity contribution in [1.29, 1.82) is 0 Å². The van der Waals surface area contributed by atoms with Crippen molar-refractivity contribution < 1.29 is 9.90 Å². The summed E-state index contributed by atoms with van der Waals surface area (Å²) in [6.45, 7) is 2.10. The number of hydrogen-bond donors (Lipinski definition) is 2. The molecule has 0 aliphatic heterocycles. The Kier molecular flexibility index (Phi) is 4.83. The molecule has 1 aliphatic carbocycles. The summed E-state index contributed by atoms with van der Waals surface area (Å²) in [5.74, 6) is 0.810. The maximum Gasteiger partial charge on any atom is 0.224 e. The minimum absolute atomic E-state index is 0.000395. The summed E-state index contributed by atoms with van der Waals surface area (Å²) in [6.07, 6.45) is 6.59. The fourth-order valence-electron chi connectivity index (χ4n) is 2.89. The van der Waals surface area contributed by atoms with Gasteiger partial charge in [-0.25, -0.2) is 0 Å². The molecule has 2 N–H and O–H groups in total. The maximum atomic E-state index is 12.0. The highest BCUT2D eigenvalue weighted by Gasteiger charge is 2.21. The second-order valence-corrected chi connectivity index (χ2v) is 5.56. The third-order valence-corrected chi connectivity index (χ3v) is 4.09. The molecule has 2 rings (SSSR count). The molecule has 1 saturated carbocycles. The van der Waals surface area contributed by atoms with Crippen LogP contribution in [0.5, 0.6) is 5.75 Å². The zero-order valence-electron chi connectivity index (χ0n) is 11.6. The van der Waals surface area contributed by atoms with Crippen LogP contribution in [0.25, 0.3) is 0 Å². The van der Waals surface area contributed by atoms with Gasteiger partial charge in [-0.15, -0.1) is 0 Å². The predicted octanol–water partition coefficient (Wildman–Crippen LogP) is 3.02. The Morgan fingerprint density at radius 1 is 1.32 bits per heavy atom. The number of phenols is 1. The summed E-state index contributed by atoms with van der Waals surface area (Å²) < 4.78 is 0. The average molecular weight is 261 g/mol. The monoisotopic (exact) mass is 261 g/mol. The Hall–Kier alpha value is -1.51. The maximum absolute atomic E-state index is 12.0. The van der Waals surface area contributed by atoms with Crippen molar-refractivity contribution in [1.82, 2.24) is 5.32 Å². The van der Waals surface area contributed by atoms with Crippen molar-refractivity contribution in [3.63, 3.8) is 0 Å². The molecular formula is C16H23NO2. The minimum atomic E-state index is -0.000395. The summed E-state index contributed by atoms with van der Waals surface area (Å²) in [5, 5.41) is 12.7. The normalized spacial score (nSPS) is 17.9. The summed E-state index contributed by atoms with van der Waals surface area (Å²) >= 11 is 0. The molecule has 104 valence electrons. The lowest BCUT2D eigenvalue weighted by Gasteiger charge is -2.28. The predicted molar refractivity (Wildman–Crippen MR) is 76.0 cm³/mol. The molecule has 3 nitrogen and oxygen atoms in total. The van der Waals surface area contributed by atoms with Crippen LogP contribution >= 0.6 is 0 Å². The van der Waals surface area contributed by atoms with Crippen LogP contribution in [-0.4, -0.2) is 17.1 Å². The number of amides is 1. The minimum Gasteiger partial charge on any atom is -0.508 e. The molecule has 1 atom stereocenters. The summed E-state index contributed by atoms with van der Waals surface area (Å²) in [6, 6.07) is 7.25. The SMILES string of the molecule is CC(NC(=O)Cc1ccccc1O)C1CCCCC1. The second-order valence-electron chi connectivity index (χ2n) is 5.56. The largest absolute Gasteiger partial charge is 0.508 e. The molecule has 0 aromatic heterocycles. The fourth-order valence-corrected chi connectivity index (χ4v) is 2.89. The molecule has 3 heteroatoms. The molecule has 1 fully saturated rings. The van der Waals surface area contributed by atoms with Crippen molar-refractivity contribution in [3.05, 3.63) is 29.8 Å². The highest BCUT2D eigenvalue weighted by molar-refractivity contribution is 5.79. The number of phenolic OH excluding ortho intramolecular Hbond substituents is 1. The standard InChI is InChI=1S/C16H23NO2/c1-12(13-7-3-2-4-8-13)17-16(19)11-14-9-5-6-10-15(14)18/h5-6,9-10,12-13,18H,2-4,7-8,11H2,1H3,(H,17,19). The molecule has 1 aliphatic rings. The van der Waals surface area contributed by atoms with E-state index < -0.39 is 0 Å². The van der Waals surface area contributed by atoms with E-state index in [2.05, 4.69) is 12.2 Å². The number of nitrogens with one attached hydrogen (secondary N) is 1. The molecule has 1 amide bonds. The van der Waals surface area contributed by atoms with E-state index in [1.165, 1.54) is 32.1 Å². The summed E-state index contributed by atoms with van der Waals surface area (Å²) in [4.78, 5) is 12.0. The van der Waals surface area contributed by atoms with Crippen LogP contribution in [0, 0.1) is 5.92 Å². The smallest absolute Gasteiger partial charge is 0.224 e. The van der Waals surface area contributed by atoms with Gasteiger partial charge in [0.2, 0.25) is 5.91 Å². The van der Waals surface area contributed by atoms with Gasteiger partial charge in [0.1, 0.15) is 5.75 Å². The molecule has 1 aromatic rings. The lowest BCUT2D eigenvalue weighted by atomic mass is 9.84. The molecule has 1 aromatic carbocycles. The van der Waals surface area contributed by atoms with E-state index in [0.717, 1.165) is 0 Å². The van der Waals surface area contributed by atoms with Gasteiger partial charge in [0.15, 0.2) is 0 Å². The summed E-state index contributed by atoms with van der Waals surface area (Å²) in [5.41, 5.74) is 0.691. The topological polar surface area (TPSA) is 49.3 Å². The number of aromatic hydroxyl groups is 1. The molecule has 19 heavy (non-hydrogen) atoms. The molecule has 0 bridgehead atoms. The van der Waals surface area contributed by atoms with Crippen LogP contribution in [-0.2, 0) is 11.2 Å². The van der Waals surface area contributed by atoms with Crippen molar-refractivity contribution >= 4 is 5.91 Å². The van der Waals surface area contributed by atoms with E-state index in [1.807, 2.05) is 6.07 Å². The first-order chi connectivity index (χ1) is 9.16. The second kappa shape index (κ2) is 6.60. The first-order valence-electron chi connectivity index (χ1n) is 7.23. The van der Waals surface area contributed by atoms with Crippen LogP contribution in [0.1, 0.15) is 44.6 Å². The summed E-state index contributed by atoms with van der Waals surface area (Å²) in [7, 11) is 0. The molecule has 0 radical (unpaired) electrons. The van der Waals surface area contributed by atoms with Crippen molar-refractivity contribution in [2.45, 2.75) is 51.5 Å². The van der Waals surface area contributed by atoms with Crippen LogP contribution in [0.2, 0.25) is 0 Å². The first kappa shape index (κ1) is 13.9. The number of carbonyl (C=O) groups excluding carboxylic acids is 1. The third-order valence-electron chi connectivity index (χ3n) is 4.09. The van der Waals surface area contributed by atoms with Crippen LogP contribution in [0.3, 0.4) is 0 Å². The van der Waals surface area contributed by atoms with Gasteiger partial charge in [0.25, 0.3) is 0 Å². The first-order valence-corrected chi connectivity index (χ1v) is 7.23. The number of benzene rings is 1. The Labute approximate surface area is 115 Å². The zero-order valence-corrected chi connectivity index (χ0v) is 11.6. The fraction of sp³-hybridized carbons (Fsp3) is 0.562. The Bertz CT molecular complexity index is 425. The lowest BCUT2D eigenvalue weighted by Crippen LogP contribution is -2.39. The third kappa shape index (κ3) is 3.98. The number of carbonyl (C=O) groups is 1. The van der Waals surface area contributed by atoms with E-state index in [1.54, 1.807) is 18.2 Å². The highest BCUT2D eigenvalue weighted by atomic mass is 16.3. The quantitative estimate of drug-likeness (QED) is 0.875. The number of para-hydroxylation sites is 1. The molecule has 0 spiro atoms. The van der Waals surface area contributed by atoms with E-state index in [9.17, 15) is 9.90 Å². The molecular weight excluding hydrogens is 238 g/mol. The van der Waals surface area contributed by atoms with E-state index in [-0.39, 0.29) is 24.1 Å². The van der Waals surface area contributed by atoms with Gasteiger partial charge in [0.05, 0.1) is 6.42 Å². The van der Waals surface area contributed by atoms with Gasteiger partial charge in [-0.05, 0) is 31.7 Å². The van der Waals surface area contributed by atoms with Gasteiger partial charge >= 0.3 is 0 Å². The number of hydrogen-bond acceptors (Lipinski definition) is 2. The molecule has 0 saturated heterocycles. The Balaban J connectivity index is 1.85. The van der Waals surface area contributed by atoms with Crippen LogP contribution in [0.15, 0.2) is 24.3 Å². The molecule has 0 heterocycles. The number of rotatable bonds is 4. The van der Waals surface area contributed by atoms with E-state index in [0.29, 0.717) is 11.5 Å². The van der Waals surface area contributed by atoms with Gasteiger partial charge in [0, 0.05) is 11.6 Å². The Morgan fingerprint density at radius 2 is 2.00 bits per heavy atom. The van der Waals surface area contributed by atoms with Gasteiger partial charge in [-0.3, -0.25) is 4.79 Å². The van der Waals surface area contributed by atoms with E-state index >= 15 is 0 Å². The lowest BCUT2D eigenvalue weighted by molar-refractivity contribution is -0.121. The van der Waals surface area contributed by atoms with Gasteiger partial charge < -0.3 is 10.4 Å². The highest BCUT2D eigenvalue weighted by Crippen LogP contribution is 2.26. The molecule has 1 unspecified atom stereocenters. The van der Waals surface area contributed by atoms with Gasteiger partial charge in [-0.2, -0.15) is 0 Å². The van der Waals surface area contributed by atoms with Gasteiger partial charge in [-0.1, -0.05) is 37.5 Å². The van der Waals surface area contributed by atoms with Crippen molar-refractivity contribution in [2.24, 2.45) is 5.92 Å². The van der Waals surface area contributed by atoms with Crippen molar-refractivity contribution in [3.8, 4) is 5.75 Å². The van der Waals surface area contributed by atoms with E-state index in [4.69, 9.17) is 0 Å².